The van der Waals surface area contributed by atoms with Crippen molar-refractivity contribution in [2.24, 2.45) is 17.8 Å². The van der Waals surface area contributed by atoms with Crippen molar-refractivity contribution in [3.05, 3.63) is 0 Å². The van der Waals surface area contributed by atoms with Gasteiger partial charge in [-0.15, -0.1) is 0 Å². The van der Waals surface area contributed by atoms with Crippen LogP contribution in [0.3, 0.4) is 0 Å². The van der Waals surface area contributed by atoms with E-state index in [1.165, 1.54) is 45.1 Å². The molecule has 3 atom stereocenters. The molecule has 3 aliphatic rings. The maximum Gasteiger partial charge on any atom is 0.139 e. The van der Waals surface area contributed by atoms with Crippen molar-refractivity contribution in [3.8, 4) is 0 Å². The van der Waals surface area contributed by atoms with Gasteiger partial charge in [-0.3, -0.25) is 4.79 Å². The first-order valence-electron chi connectivity index (χ1n) is 6.61. The van der Waals surface area contributed by atoms with Gasteiger partial charge in [0.2, 0.25) is 0 Å². The molecule has 0 aromatic rings. The molecule has 1 N–H and O–H groups in total. The molecule has 2 heteroatoms. The summed E-state index contributed by atoms with van der Waals surface area (Å²) in [5.74, 6) is 2.35. The van der Waals surface area contributed by atoms with E-state index in [1.54, 1.807) is 0 Å². The molecule has 15 heavy (non-hydrogen) atoms. The Morgan fingerprint density at radius 3 is 2.60 bits per heavy atom. The van der Waals surface area contributed by atoms with E-state index in [9.17, 15) is 4.79 Å². The number of hydrogen-bond acceptors (Lipinski definition) is 2. The Morgan fingerprint density at radius 2 is 1.87 bits per heavy atom. The molecule has 2 aliphatic carbocycles. The number of fused-ring (bicyclic) bond motifs is 1. The predicted molar refractivity (Wildman–Crippen MR) is 59.6 cm³/mol. The fourth-order valence-corrected chi connectivity index (χ4v) is 3.57. The van der Waals surface area contributed by atoms with E-state index < -0.39 is 0 Å². The molecule has 0 bridgehead atoms. The second-order valence-corrected chi connectivity index (χ2v) is 5.65. The van der Waals surface area contributed by atoms with Gasteiger partial charge in [0.05, 0.1) is 0 Å². The number of rotatable bonds is 2. The normalized spacial score (nSPS) is 40.9. The Kier molecular flexibility index (Phi) is 2.55. The molecule has 1 aliphatic heterocycles. The maximum absolute atomic E-state index is 12.1. The van der Waals surface area contributed by atoms with Gasteiger partial charge < -0.3 is 5.32 Å². The van der Waals surface area contributed by atoms with Gasteiger partial charge in [-0.05, 0) is 51.0 Å². The molecule has 3 fully saturated rings. The Hall–Kier alpha value is -0.370. The van der Waals surface area contributed by atoms with Crippen LogP contribution in [0, 0.1) is 17.8 Å². The molecule has 1 heterocycles. The zero-order valence-electron chi connectivity index (χ0n) is 9.37. The van der Waals surface area contributed by atoms with Crippen LogP contribution >= 0.6 is 0 Å². The fourth-order valence-electron chi connectivity index (χ4n) is 3.57. The van der Waals surface area contributed by atoms with Gasteiger partial charge in [0.25, 0.3) is 0 Å². The van der Waals surface area contributed by atoms with Crippen molar-refractivity contribution in [1.82, 2.24) is 5.32 Å². The lowest BCUT2D eigenvalue weighted by Crippen LogP contribution is -2.39. The molecular formula is C13H21NO. The highest BCUT2D eigenvalue weighted by atomic mass is 16.1. The predicted octanol–water partition coefficient (Wildman–Crippen LogP) is 2.13. The highest BCUT2D eigenvalue weighted by molar-refractivity contribution is 5.84. The third-order valence-electron chi connectivity index (χ3n) is 4.82. The van der Waals surface area contributed by atoms with E-state index in [0.29, 0.717) is 23.7 Å². The SMILES string of the molecule is O=C(C1CCC1)C1CCC2CCNC2C1. The van der Waals surface area contributed by atoms with Crippen LogP contribution in [-0.2, 0) is 4.79 Å². The first kappa shape index (κ1) is 9.83. The van der Waals surface area contributed by atoms with Crippen molar-refractivity contribution in [2.45, 2.75) is 51.0 Å². The first-order valence-corrected chi connectivity index (χ1v) is 6.61. The van der Waals surface area contributed by atoms with E-state index in [1.807, 2.05) is 0 Å². The highest BCUT2D eigenvalue weighted by Crippen LogP contribution is 2.38. The van der Waals surface area contributed by atoms with Crippen molar-refractivity contribution < 1.29 is 4.79 Å². The Bertz CT molecular complexity index is 259. The largest absolute Gasteiger partial charge is 0.314 e. The van der Waals surface area contributed by atoms with Crippen LogP contribution < -0.4 is 5.32 Å². The molecule has 3 rings (SSSR count). The van der Waals surface area contributed by atoms with Crippen molar-refractivity contribution in [2.75, 3.05) is 6.54 Å². The van der Waals surface area contributed by atoms with E-state index in [4.69, 9.17) is 0 Å². The number of carbonyl (C=O) groups excluding carboxylic acids is 1. The summed E-state index contributed by atoms with van der Waals surface area (Å²) in [5.41, 5.74) is 0. The Balaban J connectivity index is 1.60. The van der Waals surface area contributed by atoms with Crippen LogP contribution in [0.2, 0.25) is 0 Å². The fraction of sp³-hybridized carbons (Fsp3) is 0.923. The van der Waals surface area contributed by atoms with Gasteiger partial charge >= 0.3 is 0 Å². The zero-order chi connectivity index (χ0) is 10.3. The Morgan fingerprint density at radius 1 is 1.00 bits per heavy atom. The summed E-state index contributed by atoms with van der Waals surface area (Å²) in [6, 6.07) is 0.674. The average molecular weight is 207 g/mol. The number of hydrogen-bond donors (Lipinski definition) is 1. The summed E-state index contributed by atoms with van der Waals surface area (Å²) < 4.78 is 0. The van der Waals surface area contributed by atoms with Crippen LogP contribution in [-0.4, -0.2) is 18.4 Å². The summed E-state index contributed by atoms with van der Waals surface area (Å²) in [7, 11) is 0. The number of ketones is 1. The van der Waals surface area contributed by atoms with Crippen molar-refractivity contribution in [3.63, 3.8) is 0 Å². The lowest BCUT2D eigenvalue weighted by molar-refractivity contribution is -0.130. The maximum atomic E-state index is 12.1. The second kappa shape index (κ2) is 3.89. The van der Waals surface area contributed by atoms with Gasteiger partial charge in [0.1, 0.15) is 5.78 Å². The minimum absolute atomic E-state index is 0.405. The van der Waals surface area contributed by atoms with Crippen LogP contribution in [0.15, 0.2) is 0 Å². The van der Waals surface area contributed by atoms with E-state index in [-0.39, 0.29) is 0 Å². The van der Waals surface area contributed by atoms with Gasteiger partial charge in [-0.2, -0.15) is 0 Å². The summed E-state index contributed by atoms with van der Waals surface area (Å²) in [4.78, 5) is 12.1. The topological polar surface area (TPSA) is 29.1 Å². The lowest BCUT2D eigenvalue weighted by atomic mass is 9.71. The minimum atomic E-state index is 0.405. The van der Waals surface area contributed by atoms with E-state index in [2.05, 4.69) is 5.32 Å². The summed E-state index contributed by atoms with van der Waals surface area (Å²) in [6.45, 7) is 1.18. The molecule has 1 saturated heterocycles. The summed E-state index contributed by atoms with van der Waals surface area (Å²) in [5, 5.41) is 3.57. The molecule has 2 saturated carbocycles. The molecule has 0 radical (unpaired) electrons. The third kappa shape index (κ3) is 1.73. The standard InChI is InChI=1S/C13H21NO/c15-13(10-2-1-3-10)11-5-4-9-6-7-14-12(9)8-11/h9-12,14H,1-8H2. The van der Waals surface area contributed by atoms with E-state index in [0.717, 1.165) is 12.3 Å². The van der Waals surface area contributed by atoms with Gasteiger partial charge in [-0.25, -0.2) is 0 Å². The third-order valence-corrected chi connectivity index (χ3v) is 4.82. The molecule has 0 aromatic carbocycles. The quantitative estimate of drug-likeness (QED) is 0.751. The molecular weight excluding hydrogens is 186 g/mol. The molecule has 84 valence electrons. The minimum Gasteiger partial charge on any atom is -0.314 e. The number of carbonyl (C=O) groups is 1. The van der Waals surface area contributed by atoms with Crippen LogP contribution in [0.4, 0.5) is 0 Å². The van der Waals surface area contributed by atoms with Gasteiger partial charge in [0, 0.05) is 17.9 Å². The van der Waals surface area contributed by atoms with Crippen LogP contribution in [0.25, 0.3) is 0 Å². The monoisotopic (exact) mass is 207 g/mol. The van der Waals surface area contributed by atoms with Gasteiger partial charge in [0.15, 0.2) is 0 Å². The average Bonchev–Trinajstić information content (AvgIpc) is 2.61. The molecule has 0 spiro atoms. The first-order chi connectivity index (χ1) is 7.34. The van der Waals surface area contributed by atoms with Crippen molar-refractivity contribution in [1.29, 1.82) is 0 Å². The molecule has 0 amide bonds. The number of nitrogens with one attached hydrogen (secondary N) is 1. The number of Topliss-reactive ketones (excluding diaryl/α,β-unsaturated/α-hetero) is 1. The zero-order valence-corrected chi connectivity index (χ0v) is 9.37. The lowest BCUT2D eigenvalue weighted by Gasteiger charge is -2.34. The molecule has 0 aromatic heterocycles. The summed E-state index contributed by atoms with van der Waals surface area (Å²) in [6.07, 6.45) is 8.59. The van der Waals surface area contributed by atoms with E-state index >= 15 is 0 Å². The molecule has 2 nitrogen and oxygen atoms in total. The molecule has 3 unspecified atom stereocenters. The Labute approximate surface area is 91.8 Å². The van der Waals surface area contributed by atoms with Crippen molar-refractivity contribution >= 4 is 5.78 Å². The van der Waals surface area contributed by atoms with Crippen LogP contribution in [0.5, 0.6) is 0 Å². The smallest absolute Gasteiger partial charge is 0.139 e. The van der Waals surface area contributed by atoms with Crippen LogP contribution in [0.1, 0.15) is 44.9 Å². The second-order valence-electron chi connectivity index (χ2n) is 5.65. The highest BCUT2D eigenvalue weighted by Gasteiger charge is 2.39. The summed E-state index contributed by atoms with van der Waals surface area (Å²) >= 11 is 0. The van der Waals surface area contributed by atoms with Gasteiger partial charge in [-0.1, -0.05) is 6.42 Å².